The Morgan fingerprint density at radius 3 is 2.59 bits per heavy atom. The molecule has 0 bridgehead atoms. The standard InChI is InChI=1S/C15H22ClN/c1-3-12-4-9-15(10-12)17-11(2)13-5-7-14(16)8-6-13/h5-8,11-12,15,17H,3-4,9-10H2,1-2H3/t11-,12?,15?/m0/s1. The molecule has 0 aliphatic heterocycles. The number of benzene rings is 1. The van der Waals surface area contributed by atoms with E-state index in [4.69, 9.17) is 11.6 Å². The molecule has 1 aliphatic carbocycles. The summed E-state index contributed by atoms with van der Waals surface area (Å²) in [5.41, 5.74) is 1.33. The summed E-state index contributed by atoms with van der Waals surface area (Å²) in [4.78, 5) is 0. The van der Waals surface area contributed by atoms with Crippen molar-refractivity contribution in [1.29, 1.82) is 0 Å². The van der Waals surface area contributed by atoms with Crippen LogP contribution in [0.25, 0.3) is 0 Å². The van der Waals surface area contributed by atoms with E-state index in [1.165, 1.54) is 31.2 Å². The summed E-state index contributed by atoms with van der Waals surface area (Å²) in [7, 11) is 0. The summed E-state index contributed by atoms with van der Waals surface area (Å²) in [6, 6.07) is 9.30. The quantitative estimate of drug-likeness (QED) is 0.827. The minimum atomic E-state index is 0.424. The lowest BCUT2D eigenvalue weighted by atomic mass is 10.0. The molecule has 17 heavy (non-hydrogen) atoms. The maximum atomic E-state index is 5.90. The normalized spacial score (nSPS) is 26.1. The fourth-order valence-corrected chi connectivity index (χ4v) is 2.92. The second-order valence-electron chi connectivity index (χ2n) is 5.22. The number of hydrogen-bond acceptors (Lipinski definition) is 1. The molecule has 94 valence electrons. The van der Waals surface area contributed by atoms with E-state index in [2.05, 4.69) is 31.3 Å². The molecule has 2 heteroatoms. The van der Waals surface area contributed by atoms with Crippen molar-refractivity contribution in [1.82, 2.24) is 5.32 Å². The van der Waals surface area contributed by atoms with Gasteiger partial charge in [0.25, 0.3) is 0 Å². The van der Waals surface area contributed by atoms with E-state index in [-0.39, 0.29) is 0 Å². The van der Waals surface area contributed by atoms with Crippen molar-refractivity contribution in [3.63, 3.8) is 0 Å². The molecule has 1 aromatic rings. The fourth-order valence-electron chi connectivity index (χ4n) is 2.80. The average molecular weight is 252 g/mol. The summed E-state index contributed by atoms with van der Waals surface area (Å²) in [6.45, 7) is 4.54. The van der Waals surface area contributed by atoms with Crippen molar-refractivity contribution >= 4 is 11.6 Å². The molecule has 0 spiro atoms. The van der Waals surface area contributed by atoms with E-state index >= 15 is 0 Å². The largest absolute Gasteiger partial charge is 0.307 e. The topological polar surface area (TPSA) is 12.0 Å². The van der Waals surface area contributed by atoms with Gasteiger partial charge in [0, 0.05) is 17.1 Å². The predicted molar refractivity (Wildman–Crippen MR) is 74.4 cm³/mol. The molecule has 0 aromatic heterocycles. The third kappa shape index (κ3) is 3.46. The Kier molecular flexibility index (Phi) is 4.47. The second-order valence-corrected chi connectivity index (χ2v) is 5.66. The SMILES string of the molecule is CCC1CCC(N[C@@H](C)c2ccc(Cl)cc2)C1. The Balaban J connectivity index is 1.89. The molecule has 0 heterocycles. The summed E-state index contributed by atoms with van der Waals surface area (Å²) < 4.78 is 0. The summed E-state index contributed by atoms with van der Waals surface area (Å²) in [6.07, 6.45) is 5.39. The first-order chi connectivity index (χ1) is 8.19. The number of hydrogen-bond donors (Lipinski definition) is 1. The zero-order valence-electron chi connectivity index (χ0n) is 10.7. The van der Waals surface area contributed by atoms with Crippen LogP contribution in [-0.4, -0.2) is 6.04 Å². The van der Waals surface area contributed by atoms with Crippen molar-refractivity contribution in [3.05, 3.63) is 34.9 Å². The maximum absolute atomic E-state index is 5.90. The zero-order chi connectivity index (χ0) is 12.3. The number of rotatable bonds is 4. The molecular formula is C15H22ClN. The van der Waals surface area contributed by atoms with E-state index in [0.29, 0.717) is 12.1 Å². The fraction of sp³-hybridized carbons (Fsp3) is 0.600. The van der Waals surface area contributed by atoms with Gasteiger partial charge in [0.1, 0.15) is 0 Å². The average Bonchev–Trinajstić information content (AvgIpc) is 2.77. The summed E-state index contributed by atoms with van der Waals surface area (Å²) in [5, 5.41) is 4.55. The van der Waals surface area contributed by atoms with Crippen molar-refractivity contribution < 1.29 is 0 Å². The summed E-state index contributed by atoms with van der Waals surface area (Å²) in [5.74, 6) is 0.935. The highest BCUT2D eigenvalue weighted by molar-refractivity contribution is 6.30. The molecule has 0 amide bonds. The molecule has 1 N–H and O–H groups in total. The molecule has 1 nitrogen and oxygen atoms in total. The van der Waals surface area contributed by atoms with E-state index in [9.17, 15) is 0 Å². The molecule has 1 saturated carbocycles. The zero-order valence-corrected chi connectivity index (χ0v) is 11.5. The third-order valence-electron chi connectivity index (χ3n) is 3.97. The van der Waals surface area contributed by atoms with Gasteiger partial charge in [-0.15, -0.1) is 0 Å². The molecule has 1 fully saturated rings. The first kappa shape index (κ1) is 12.9. The van der Waals surface area contributed by atoms with Crippen LogP contribution in [0.15, 0.2) is 24.3 Å². The Labute approximate surface area is 110 Å². The van der Waals surface area contributed by atoms with Crippen molar-refractivity contribution in [2.45, 2.75) is 51.6 Å². The first-order valence-electron chi connectivity index (χ1n) is 6.70. The lowest BCUT2D eigenvalue weighted by Crippen LogP contribution is -2.29. The Hall–Kier alpha value is -0.530. The molecule has 3 atom stereocenters. The van der Waals surface area contributed by atoms with Gasteiger partial charge in [0.15, 0.2) is 0 Å². The Morgan fingerprint density at radius 2 is 2.00 bits per heavy atom. The molecule has 1 aliphatic rings. The van der Waals surface area contributed by atoms with Crippen LogP contribution in [0, 0.1) is 5.92 Å². The van der Waals surface area contributed by atoms with Gasteiger partial charge in [0.05, 0.1) is 0 Å². The highest BCUT2D eigenvalue weighted by Crippen LogP contribution is 2.29. The minimum Gasteiger partial charge on any atom is -0.307 e. The number of halogens is 1. The maximum Gasteiger partial charge on any atom is 0.0406 e. The Bertz CT molecular complexity index is 346. The molecule has 2 rings (SSSR count). The van der Waals surface area contributed by atoms with Crippen molar-refractivity contribution in [2.75, 3.05) is 0 Å². The van der Waals surface area contributed by atoms with Gasteiger partial charge in [-0.3, -0.25) is 0 Å². The van der Waals surface area contributed by atoms with Crippen LogP contribution in [0.1, 0.15) is 51.1 Å². The van der Waals surface area contributed by atoms with Crippen LogP contribution < -0.4 is 5.32 Å². The highest BCUT2D eigenvalue weighted by atomic mass is 35.5. The van der Waals surface area contributed by atoms with E-state index in [1.54, 1.807) is 0 Å². The highest BCUT2D eigenvalue weighted by Gasteiger charge is 2.24. The Morgan fingerprint density at radius 1 is 1.29 bits per heavy atom. The van der Waals surface area contributed by atoms with Gasteiger partial charge in [-0.25, -0.2) is 0 Å². The molecule has 0 saturated heterocycles. The van der Waals surface area contributed by atoms with Gasteiger partial charge >= 0.3 is 0 Å². The predicted octanol–water partition coefficient (Wildman–Crippen LogP) is 4.57. The van der Waals surface area contributed by atoms with Crippen molar-refractivity contribution in [3.8, 4) is 0 Å². The van der Waals surface area contributed by atoms with Gasteiger partial charge in [-0.05, 0) is 49.8 Å². The number of nitrogens with one attached hydrogen (secondary N) is 1. The van der Waals surface area contributed by atoms with Gasteiger partial charge in [0.2, 0.25) is 0 Å². The van der Waals surface area contributed by atoms with Crippen LogP contribution in [0.3, 0.4) is 0 Å². The molecule has 0 radical (unpaired) electrons. The molecule has 1 aromatic carbocycles. The van der Waals surface area contributed by atoms with Crippen LogP contribution in [-0.2, 0) is 0 Å². The molecule has 2 unspecified atom stereocenters. The van der Waals surface area contributed by atoms with E-state index in [1.807, 2.05) is 12.1 Å². The van der Waals surface area contributed by atoms with E-state index < -0.39 is 0 Å². The third-order valence-corrected chi connectivity index (χ3v) is 4.23. The van der Waals surface area contributed by atoms with Crippen LogP contribution in [0.4, 0.5) is 0 Å². The lowest BCUT2D eigenvalue weighted by Gasteiger charge is -2.20. The molecular weight excluding hydrogens is 230 g/mol. The minimum absolute atomic E-state index is 0.424. The van der Waals surface area contributed by atoms with Crippen LogP contribution in [0.2, 0.25) is 5.02 Å². The van der Waals surface area contributed by atoms with Crippen LogP contribution in [0.5, 0.6) is 0 Å². The van der Waals surface area contributed by atoms with Gasteiger partial charge in [-0.2, -0.15) is 0 Å². The van der Waals surface area contributed by atoms with Crippen molar-refractivity contribution in [2.24, 2.45) is 5.92 Å². The summed E-state index contributed by atoms with van der Waals surface area (Å²) >= 11 is 5.90. The second kappa shape index (κ2) is 5.88. The lowest BCUT2D eigenvalue weighted by molar-refractivity contribution is 0.437. The van der Waals surface area contributed by atoms with Crippen LogP contribution >= 0.6 is 11.6 Å². The van der Waals surface area contributed by atoms with E-state index in [0.717, 1.165) is 10.9 Å². The van der Waals surface area contributed by atoms with Gasteiger partial charge < -0.3 is 5.32 Å². The first-order valence-corrected chi connectivity index (χ1v) is 7.08. The monoisotopic (exact) mass is 251 g/mol. The smallest absolute Gasteiger partial charge is 0.0406 e. The van der Waals surface area contributed by atoms with Gasteiger partial charge in [-0.1, -0.05) is 37.1 Å².